The summed E-state index contributed by atoms with van der Waals surface area (Å²) >= 11 is 1.58. The smallest absolute Gasteiger partial charge is 0.241 e. The normalized spacial score (nSPS) is 18.8. The van der Waals surface area contributed by atoms with Gasteiger partial charge in [-0.15, -0.1) is 11.3 Å². The summed E-state index contributed by atoms with van der Waals surface area (Å²) in [6, 6.07) is 7.87. The standard InChI is InChI=1S/C19H23N3OS/c1-3-14(2)11-22-10-4-5-18(22)19(23)21-16-8-6-15(7-9-16)17-12-24-13-20-17/h3,6-9,12-13,18H,4-5,10-11H2,1-2H3,(H,21,23). The van der Waals surface area contributed by atoms with Crippen LogP contribution in [0.2, 0.25) is 0 Å². The highest BCUT2D eigenvalue weighted by atomic mass is 32.1. The molecule has 5 heteroatoms. The average molecular weight is 341 g/mol. The Kier molecular flexibility index (Phi) is 5.43. The number of hydrogen-bond donors (Lipinski definition) is 1. The van der Waals surface area contributed by atoms with Crippen molar-refractivity contribution in [3.8, 4) is 11.3 Å². The third kappa shape index (κ3) is 3.91. The quantitative estimate of drug-likeness (QED) is 0.830. The monoisotopic (exact) mass is 341 g/mol. The zero-order valence-electron chi connectivity index (χ0n) is 14.2. The summed E-state index contributed by atoms with van der Waals surface area (Å²) in [6.45, 7) is 6.03. The number of benzene rings is 1. The van der Waals surface area contributed by atoms with Gasteiger partial charge in [-0.1, -0.05) is 23.8 Å². The van der Waals surface area contributed by atoms with Gasteiger partial charge < -0.3 is 5.32 Å². The van der Waals surface area contributed by atoms with Crippen LogP contribution in [0.15, 0.2) is 46.8 Å². The van der Waals surface area contributed by atoms with Crippen LogP contribution in [0, 0.1) is 0 Å². The number of allylic oxidation sites excluding steroid dienone is 1. The number of likely N-dealkylation sites (tertiary alicyclic amines) is 1. The van der Waals surface area contributed by atoms with Gasteiger partial charge in [0.1, 0.15) is 0 Å². The fourth-order valence-corrected chi connectivity index (χ4v) is 3.59. The lowest BCUT2D eigenvalue weighted by Gasteiger charge is -2.24. The molecule has 24 heavy (non-hydrogen) atoms. The lowest BCUT2D eigenvalue weighted by Crippen LogP contribution is -2.40. The molecule has 0 saturated carbocycles. The number of carbonyl (C=O) groups excluding carboxylic acids is 1. The fraction of sp³-hybridized carbons (Fsp3) is 0.368. The highest BCUT2D eigenvalue weighted by Gasteiger charge is 2.30. The molecule has 3 rings (SSSR count). The Balaban J connectivity index is 1.64. The molecular formula is C19H23N3OS. The van der Waals surface area contributed by atoms with Crippen molar-refractivity contribution >= 4 is 22.9 Å². The van der Waals surface area contributed by atoms with E-state index in [1.807, 2.05) is 42.1 Å². The van der Waals surface area contributed by atoms with E-state index in [2.05, 4.69) is 28.2 Å². The van der Waals surface area contributed by atoms with E-state index in [1.54, 1.807) is 11.3 Å². The van der Waals surface area contributed by atoms with Gasteiger partial charge in [0, 0.05) is 23.2 Å². The van der Waals surface area contributed by atoms with Crippen molar-refractivity contribution in [1.29, 1.82) is 0 Å². The molecule has 1 unspecified atom stereocenters. The van der Waals surface area contributed by atoms with Gasteiger partial charge in [0.15, 0.2) is 0 Å². The minimum Gasteiger partial charge on any atom is -0.325 e. The zero-order valence-corrected chi connectivity index (χ0v) is 15.0. The first-order chi connectivity index (χ1) is 11.7. The molecule has 126 valence electrons. The Morgan fingerprint density at radius 3 is 2.88 bits per heavy atom. The molecule has 1 aromatic heterocycles. The summed E-state index contributed by atoms with van der Waals surface area (Å²) in [7, 11) is 0. The van der Waals surface area contributed by atoms with Crippen LogP contribution >= 0.6 is 11.3 Å². The first kappa shape index (κ1) is 16.9. The SMILES string of the molecule is CC=C(C)CN1CCCC1C(=O)Nc1ccc(-c2cscn2)cc1. The molecule has 1 saturated heterocycles. The van der Waals surface area contributed by atoms with E-state index in [4.69, 9.17) is 0 Å². The van der Waals surface area contributed by atoms with Gasteiger partial charge in [-0.3, -0.25) is 9.69 Å². The lowest BCUT2D eigenvalue weighted by molar-refractivity contribution is -0.120. The van der Waals surface area contributed by atoms with Crippen molar-refractivity contribution in [2.24, 2.45) is 0 Å². The van der Waals surface area contributed by atoms with E-state index in [0.29, 0.717) is 0 Å². The van der Waals surface area contributed by atoms with Gasteiger partial charge in [-0.05, 0) is 45.4 Å². The summed E-state index contributed by atoms with van der Waals surface area (Å²) in [5.41, 5.74) is 6.02. The van der Waals surface area contributed by atoms with Crippen LogP contribution < -0.4 is 5.32 Å². The van der Waals surface area contributed by atoms with E-state index < -0.39 is 0 Å². The van der Waals surface area contributed by atoms with Crippen LogP contribution in [-0.2, 0) is 4.79 Å². The third-order valence-electron chi connectivity index (χ3n) is 4.49. The average Bonchev–Trinajstić information content (AvgIpc) is 3.27. The summed E-state index contributed by atoms with van der Waals surface area (Å²) in [4.78, 5) is 19.2. The molecular weight excluding hydrogens is 318 g/mol. The first-order valence-corrected chi connectivity index (χ1v) is 9.27. The summed E-state index contributed by atoms with van der Waals surface area (Å²) in [6.07, 6.45) is 4.13. The summed E-state index contributed by atoms with van der Waals surface area (Å²) < 4.78 is 0. The van der Waals surface area contributed by atoms with Crippen LogP contribution in [0.5, 0.6) is 0 Å². The van der Waals surface area contributed by atoms with Crippen LogP contribution in [0.1, 0.15) is 26.7 Å². The summed E-state index contributed by atoms with van der Waals surface area (Å²) in [5.74, 6) is 0.0952. The Hall–Kier alpha value is -1.98. The second-order valence-corrected chi connectivity index (χ2v) is 6.92. The van der Waals surface area contributed by atoms with Gasteiger partial charge in [0.05, 0.1) is 17.2 Å². The molecule has 0 spiro atoms. The van der Waals surface area contributed by atoms with E-state index in [9.17, 15) is 4.79 Å². The molecule has 2 aromatic rings. The number of nitrogens with zero attached hydrogens (tertiary/aromatic N) is 2. The maximum absolute atomic E-state index is 12.6. The largest absolute Gasteiger partial charge is 0.325 e. The molecule has 0 bridgehead atoms. The predicted molar refractivity (Wildman–Crippen MR) is 100 cm³/mol. The highest BCUT2D eigenvalue weighted by molar-refractivity contribution is 7.07. The van der Waals surface area contributed by atoms with Crippen LogP contribution in [0.3, 0.4) is 0 Å². The van der Waals surface area contributed by atoms with Crippen LogP contribution in [0.4, 0.5) is 5.69 Å². The number of rotatable bonds is 5. The Bertz CT molecular complexity index is 707. The Labute approximate surface area is 147 Å². The lowest BCUT2D eigenvalue weighted by atomic mass is 10.1. The number of anilines is 1. The van der Waals surface area contributed by atoms with Gasteiger partial charge in [-0.2, -0.15) is 0 Å². The van der Waals surface area contributed by atoms with Gasteiger partial charge >= 0.3 is 0 Å². The topological polar surface area (TPSA) is 45.2 Å². The minimum absolute atomic E-state index is 0.0295. The third-order valence-corrected chi connectivity index (χ3v) is 5.08. The molecule has 1 aliphatic heterocycles. The van der Waals surface area contributed by atoms with E-state index >= 15 is 0 Å². The number of hydrogen-bond acceptors (Lipinski definition) is 4. The van der Waals surface area contributed by atoms with E-state index in [0.717, 1.165) is 42.9 Å². The Morgan fingerprint density at radius 1 is 1.42 bits per heavy atom. The molecule has 0 aliphatic carbocycles. The van der Waals surface area contributed by atoms with Crippen LogP contribution in [-0.4, -0.2) is 34.9 Å². The Morgan fingerprint density at radius 2 is 2.21 bits per heavy atom. The predicted octanol–water partition coefficient (Wildman–Crippen LogP) is 4.18. The van der Waals surface area contributed by atoms with Crippen molar-refractivity contribution in [3.63, 3.8) is 0 Å². The molecule has 4 nitrogen and oxygen atoms in total. The molecule has 1 aliphatic rings. The van der Waals surface area contributed by atoms with Crippen molar-refractivity contribution in [1.82, 2.24) is 9.88 Å². The second kappa shape index (κ2) is 7.73. The van der Waals surface area contributed by atoms with Crippen molar-refractivity contribution in [3.05, 3.63) is 46.8 Å². The number of carbonyl (C=O) groups is 1. The minimum atomic E-state index is -0.0295. The fourth-order valence-electron chi connectivity index (χ4n) is 3.03. The van der Waals surface area contributed by atoms with Crippen molar-refractivity contribution in [2.45, 2.75) is 32.7 Å². The maximum Gasteiger partial charge on any atom is 0.241 e. The van der Waals surface area contributed by atoms with Gasteiger partial charge in [-0.25, -0.2) is 4.98 Å². The highest BCUT2D eigenvalue weighted by Crippen LogP contribution is 2.23. The molecule has 1 fully saturated rings. The molecule has 1 atom stereocenters. The number of thiazole rings is 1. The molecule has 1 N–H and O–H groups in total. The summed E-state index contributed by atoms with van der Waals surface area (Å²) in [5, 5.41) is 5.08. The van der Waals surface area contributed by atoms with Gasteiger partial charge in [0.25, 0.3) is 0 Å². The molecule has 1 aromatic carbocycles. The molecule has 2 heterocycles. The van der Waals surface area contributed by atoms with Crippen molar-refractivity contribution in [2.75, 3.05) is 18.4 Å². The number of aromatic nitrogens is 1. The molecule has 0 radical (unpaired) electrons. The second-order valence-electron chi connectivity index (χ2n) is 6.20. The van der Waals surface area contributed by atoms with Crippen molar-refractivity contribution < 1.29 is 4.79 Å². The maximum atomic E-state index is 12.6. The van der Waals surface area contributed by atoms with E-state index in [-0.39, 0.29) is 11.9 Å². The number of amides is 1. The zero-order chi connectivity index (χ0) is 16.9. The molecule has 1 amide bonds. The number of nitrogens with one attached hydrogen (secondary N) is 1. The van der Waals surface area contributed by atoms with Gasteiger partial charge in [0.2, 0.25) is 5.91 Å². The first-order valence-electron chi connectivity index (χ1n) is 8.32. The van der Waals surface area contributed by atoms with E-state index in [1.165, 1.54) is 5.57 Å². The van der Waals surface area contributed by atoms with Crippen LogP contribution in [0.25, 0.3) is 11.3 Å².